The van der Waals surface area contributed by atoms with Gasteiger partial charge in [0.25, 0.3) is 0 Å². The molecule has 0 aliphatic carbocycles. The van der Waals surface area contributed by atoms with Crippen LogP contribution in [-0.4, -0.2) is 60.1 Å². The van der Waals surface area contributed by atoms with Gasteiger partial charge in [-0.2, -0.15) is 0 Å². The van der Waals surface area contributed by atoms with Crippen LogP contribution in [-0.2, 0) is 33.8 Å². The van der Waals surface area contributed by atoms with Gasteiger partial charge in [-0.15, -0.1) is 0 Å². The summed E-state index contributed by atoms with van der Waals surface area (Å²) < 4.78 is 18.3. The molecule has 9 nitrogen and oxygen atoms in total. The number of carbonyl (C=O) groups is 3. The quantitative estimate of drug-likeness (QED) is 0.429. The van der Waals surface area contributed by atoms with Crippen molar-refractivity contribution < 1.29 is 28.6 Å². The number of pyridine rings is 1. The first-order valence-corrected chi connectivity index (χ1v) is 11.5. The number of hydrogen-bond acceptors (Lipinski definition) is 6. The number of aromatic nitrogens is 1. The van der Waals surface area contributed by atoms with Crippen molar-refractivity contribution in [2.75, 3.05) is 31.4 Å². The molecule has 3 aromatic rings. The van der Waals surface area contributed by atoms with Crippen molar-refractivity contribution in [3.8, 4) is 0 Å². The number of nitrogens with zero attached hydrogens (tertiary/aromatic N) is 3. The number of carbonyl (C=O) groups excluding carboxylic acids is 2. The van der Waals surface area contributed by atoms with Gasteiger partial charge >= 0.3 is 12.1 Å². The molecule has 1 heterocycles. The number of rotatable bonds is 10. The van der Waals surface area contributed by atoms with Crippen LogP contribution in [0.5, 0.6) is 0 Å². The molecule has 10 heteroatoms. The first-order valence-electron chi connectivity index (χ1n) is 11.5. The molecule has 2 amide bonds. The van der Waals surface area contributed by atoms with Crippen LogP contribution >= 0.6 is 0 Å². The Kier molecular flexibility index (Phi) is 9.15. The third-order valence-corrected chi connectivity index (χ3v) is 5.61. The van der Waals surface area contributed by atoms with Gasteiger partial charge < -0.3 is 20.1 Å². The third kappa shape index (κ3) is 8.03. The fraction of sp³-hybridized carbons (Fsp3) is 0.259. The number of aliphatic carboxylic acids is 1. The number of benzene rings is 2. The Hall–Kier alpha value is -4.47. The Bertz CT molecular complexity index is 1220. The minimum Gasteiger partial charge on any atom is -0.480 e. The van der Waals surface area contributed by atoms with Crippen molar-refractivity contribution in [2.45, 2.75) is 25.5 Å². The fourth-order valence-electron chi connectivity index (χ4n) is 3.47. The lowest BCUT2D eigenvalue weighted by atomic mass is 10.1. The number of hydrogen-bond donors (Lipinski definition) is 2. The summed E-state index contributed by atoms with van der Waals surface area (Å²) in [5, 5.41) is 12.4. The number of ether oxygens (including phenoxy) is 1. The summed E-state index contributed by atoms with van der Waals surface area (Å²) in [5.41, 5.74) is 2.58. The van der Waals surface area contributed by atoms with Crippen molar-refractivity contribution >= 4 is 29.5 Å². The van der Waals surface area contributed by atoms with Crippen LogP contribution in [0.4, 0.5) is 20.7 Å². The lowest BCUT2D eigenvalue weighted by molar-refractivity contribution is -0.142. The number of halogens is 1. The molecule has 0 radical (unpaired) electrons. The van der Waals surface area contributed by atoms with E-state index in [1.165, 1.54) is 19.2 Å². The topological polar surface area (TPSA) is 112 Å². The van der Waals surface area contributed by atoms with E-state index in [4.69, 9.17) is 4.74 Å². The average molecular weight is 509 g/mol. The highest BCUT2D eigenvalue weighted by molar-refractivity contribution is 5.92. The maximum atomic E-state index is 13.0. The van der Waals surface area contributed by atoms with E-state index in [-0.39, 0.29) is 31.2 Å². The Labute approximate surface area is 214 Å². The van der Waals surface area contributed by atoms with Crippen LogP contribution in [0.3, 0.4) is 0 Å². The highest BCUT2D eigenvalue weighted by Crippen LogP contribution is 2.15. The van der Waals surface area contributed by atoms with Gasteiger partial charge in [0.15, 0.2) is 0 Å². The van der Waals surface area contributed by atoms with Crippen molar-refractivity contribution in [1.29, 1.82) is 0 Å². The zero-order valence-electron chi connectivity index (χ0n) is 20.8. The molecule has 0 saturated heterocycles. The van der Waals surface area contributed by atoms with Gasteiger partial charge in [0.05, 0.1) is 6.42 Å². The molecule has 194 valence electrons. The zero-order valence-corrected chi connectivity index (χ0v) is 20.8. The van der Waals surface area contributed by atoms with Crippen LogP contribution in [0.2, 0.25) is 0 Å². The first-order chi connectivity index (χ1) is 17.6. The first kappa shape index (κ1) is 27.1. The highest BCUT2D eigenvalue weighted by atomic mass is 19.1. The maximum absolute atomic E-state index is 13.0. The molecule has 1 atom stereocenters. The van der Waals surface area contributed by atoms with Crippen LogP contribution in [0.15, 0.2) is 66.9 Å². The molecular weight excluding hydrogens is 479 g/mol. The normalized spacial score (nSPS) is 11.4. The molecule has 37 heavy (non-hydrogen) atoms. The van der Waals surface area contributed by atoms with Crippen LogP contribution in [0.1, 0.15) is 16.7 Å². The number of anilines is 2. The average Bonchev–Trinajstić information content (AvgIpc) is 2.87. The van der Waals surface area contributed by atoms with Crippen molar-refractivity contribution in [2.24, 2.45) is 0 Å². The summed E-state index contributed by atoms with van der Waals surface area (Å²) in [4.78, 5) is 43.7. The van der Waals surface area contributed by atoms with Crippen molar-refractivity contribution in [1.82, 2.24) is 9.88 Å². The van der Waals surface area contributed by atoms with Gasteiger partial charge in [0.1, 0.15) is 24.3 Å². The van der Waals surface area contributed by atoms with Gasteiger partial charge in [-0.1, -0.05) is 30.3 Å². The predicted molar refractivity (Wildman–Crippen MR) is 137 cm³/mol. The summed E-state index contributed by atoms with van der Waals surface area (Å²) in [6, 6.07) is 14.8. The summed E-state index contributed by atoms with van der Waals surface area (Å²) in [5.74, 6) is -1.03. The number of amides is 2. The van der Waals surface area contributed by atoms with Crippen LogP contribution in [0.25, 0.3) is 0 Å². The highest BCUT2D eigenvalue weighted by Gasteiger charge is 2.28. The minimum atomic E-state index is -1.16. The van der Waals surface area contributed by atoms with E-state index in [0.717, 1.165) is 10.7 Å². The second-order valence-electron chi connectivity index (χ2n) is 8.69. The van der Waals surface area contributed by atoms with Crippen molar-refractivity contribution in [3.63, 3.8) is 0 Å². The molecule has 0 saturated carbocycles. The SMILES string of the molecule is CN(C)c1ccc(C[C@@H](C(=O)O)N(C)C(=O)OCc2ccc(NC(=O)Cc3ccc(F)cc3)cc2)cn1. The van der Waals surface area contributed by atoms with Crippen molar-refractivity contribution in [3.05, 3.63) is 89.4 Å². The molecule has 3 rings (SSSR count). The maximum Gasteiger partial charge on any atom is 0.410 e. The lowest BCUT2D eigenvalue weighted by Gasteiger charge is -2.24. The molecular formula is C27H29FN4O5. The molecule has 0 aliphatic heterocycles. The zero-order chi connectivity index (χ0) is 26.9. The van der Waals surface area contributed by atoms with Gasteiger partial charge in [-0.3, -0.25) is 9.69 Å². The largest absolute Gasteiger partial charge is 0.480 e. The molecule has 2 N–H and O–H groups in total. The Morgan fingerprint density at radius 2 is 1.57 bits per heavy atom. The second kappa shape index (κ2) is 12.5. The van der Waals surface area contributed by atoms with E-state index in [1.807, 2.05) is 19.0 Å². The van der Waals surface area contributed by atoms with Gasteiger partial charge in [-0.05, 0) is 47.0 Å². The van der Waals surface area contributed by atoms with E-state index in [9.17, 15) is 23.9 Å². The molecule has 1 aromatic heterocycles. The monoisotopic (exact) mass is 508 g/mol. The molecule has 0 fully saturated rings. The van der Waals surface area contributed by atoms with E-state index in [2.05, 4.69) is 10.3 Å². The molecule has 0 bridgehead atoms. The van der Waals surface area contributed by atoms with E-state index >= 15 is 0 Å². The Morgan fingerprint density at radius 3 is 2.14 bits per heavy atom. The molecule has 0 unspecified atom stereocenters. The van der Waals surface area contributed by atoms with Gasteiger partial charge in [0.2, 0.25) is 5.91 Å². The predicted octanol–water partition coefficient (Wildman–Crippen LogP) is 3.73. The van der Waals surface area contributed by atoms with Crippen LogP contribution < -0.4 is 10.2 Å². The molecule has 0 spiro atoms. The fourth-order valence-corrected chi connectivity index (χ4v) is 3.47. The van der Waals surface area contributed by atoms with E-state index < -0.39 is 18.1 Å². The summed E-state index contributed by atoms with van der Waals surface area (Å²) in [6.45, 7) is -0.0710. The second-order valence-corrected chi connectivity index (χ2v) is 8.69. The molecule has 0 aliphatic rings. The standard InChI is InChI=1S/C27H29FN4O5/c1-31(2)24-13-8-20(16-29-24)14-23(26(34)35)32(3)27(36)37-17-19-6-11-22(12-7-19)30-25(33)15-18-4-9-21(28)10-5-18/h4-13,16,23H,14-15,17H2,1-3H3,(H,30,33)(H,34,35)/t23-/m0/s1. The van der Waals surface area contributed by atoms with E-state index in [1.54, 1.807) is 54.7 Å². The summed E-state index contributed by atoms with van der Waals surface area (Å²) in [6.07, 6.45) is 0.993. The number of nitrogens with one attached hydrogen (secondary N) is 1. The Balaban J connectivity index is 1.51. The minimum absolute atomic E-state index is 0.0710. The number of carboxylic acids is 1. The van der Waals surface area contributed by atoms with E-state index in [0.29, 0.717) is 22.4 Å². The van der Waals surface area contributed by atoms with Crippen LogP contribution in [0, 0.1) is 5.82 Å². The van der Waals surface area contributed by atoms with Gasteiger partial charge in [-0.25, -0.2) is 19.0 Å². The Morgan fingerprint density at radius 1 is 0.946 bits per heavy atom. The number of likely N-dealkylation sites (N-methyl/N-ethyl adjacent to an activating group) is 1. The smallest absolute Gasteiger partial charge is 0.410 e. The molecule has 2 aromatic carbocycles. The lowest BCUT2D eigenvalue weighted by Crippen LogP contribution is -2.44. The summed E-state index contributed by atoms with van der Waals surface area (Å²) in [7, 11) is 5.08. The van der Waals surface area contributed by atoms with Gasteiger partial charge in [0, 0.05) is 39.4 Å². The third-order valence-electron chi connectivity index (χ3n) is 5.61. The number of carboxylic acid groups (broad SMARTS) is 1. The summed E-state index contributed by atoms with van der Waals surface area (Å²) >= 11 is 0.